The molecule has 1 aliphatic rings. The van der Waals surface area contributed by atoms with Gasteiger partial charge in [-0.15, -0.1) is 11.8 Å². The molecule has 1 fully saturated rings. The van der Waals surface area contributed by atoms with Crippen LogP contribution in [0.4, 0.5) is 5.69 Å². The molecule has 7 heteroatoms. The molecule has 0 radical (unpaired) electrons. The van der Waals surface area contributed by atoms with Crippen LogP contribution in [0.25, 0.3) is 0 Å². The summed E-state index contributed by atoms with van der Waals surface area (Å²) in [5, 5.41) is 10.9. The summed E-state index contributed by atoms with van der Waals surface area (Å²) in [6, 6.07) is 12.3. The van der Waals surface area contributed by atoms with Crippen LogP contribution in [0.2, 0.25) is 5.02 Å². The van der Waals surface area contributed by atoms with Gasteiger partial charge in [0.1, 0.15) is 5.37 Å². The fraction of sp³-hybridized carbons (Fsp3) is 0.316. The molecule has 3 rings (SSSR count). The average Bonchev–Trinajstić information content (AvgIpc) is 3.10. The van der Waals surface area contributed by atoms with E-state index in [2.05, 4.69) is 38.1 Å². The molecule has 0 N–H and O–H groups in total. The predicted octanol–water partition coefficient (Wildman–Crippen LogP) is 5.26. The predicted molar refractivity (Wildman–Crippen MR) is 105 cm³/mol. The summed E-state index contributed by atoms with van der Waals surface area (Å²) in [6.45, 7) is 4.91. The molecule has 0 bridgehead atoms. The van der Waals surface area contributed by atoms with Gasteiger partial charge < -0.3 is 4.90 Å². The molecule has 1 amide bonds. The highest BCUT2D eigenvalue weighted by Gasteiger charge is 2.32. The van der Waals surface area contributed by atoms with Crippen molar-refractivity contribution in [3.05, 3.63) is 74.3 Å². The third-order valence-electron chi connectivity index (χ3n) is 4.43. The maximum atomic E-state index is 13.0. The van der Waals surface area contributed by atoms with Crippen molar-refractivity contribution in [2.45, 2.75) is 25.1 Å². The molecule has 0 spiro atoms. The summed E-state index contributed by atoms with van der Waals surface area (Å²) in [5.74, 6) is 1.09. The Balaban J connectivity index is 1.85. The fourth-order valence-corrected chi connectivity index (χ4v) is 4.46. The van der Waals surface area contributed by atoms with E-state index in [1.54, 1.807) is 16.7 Å². The second-order valence-electron chi connectivity index (χ2n) is 6.46. The zero-order valence-corrected chi connectivity index (χ0v) is 16.1. The number of thioether (sulfide) groups is 1. The lowest BCUT2D eigenvalue weighted by Crippen LogP contribution is -2.30. The number of benzene rings is 2. The first-order valence-electron chi connectivity index (χ1n) is 8.35. The van der Waals surface area contributed by atoms with Crippen molar-refractivity contribution in [3.63, 3.8) is 0 Å². The molecule has 1 atom stereocenters. The van der Waals surface area contributed by atoms with Crippen LogP contribution in [0.1, 0.15) is 46.6 Å². The van der Waals surface area contributed by atoms with Gasteiger partial charge in [-0.2, -0.15) is 0 Å². The highest BCUT2D eigenvalue weighted by Crippen LogP contribution is 2.40. The lowest BCUT2D eigenvalue weighted by Gasteiger charge is -2.25. The van der Waals surface area contributed by atoms with E-state index >= 15 is 0 Å². The number of rotatable bonds is 4. The Morgan fingerprint density at radius 1 is 1.27 bits per heavy atom. The van der Waals surface area contributed by atoms with E-state index in [0.29, 0.717) is 18.0 Å². The topological polar surface area (TPSA) is 63.5 Å². The van der Waals surface area contributed by atoms with Crippen LogP contribution in [-0.4, -0.2) is 28.0 Å². The molecule has 0 saturated carbocycles. The Labute approximate surface area is 161 Å². The quantitative estimate of drug-likeness (QED) is 0.527. The van der Waals surface area contributed by atoms with Crippen molar-refractivity contribution in [1.29, 1.82) is 0 Å². The molecule has 1 heterocycles. The lowest BCUT2D eigenvalue weighted by molar-refractivity contribution is -0.384. The van der Waals surface area contributed by atoms with Gasteiger partial charge in [-0.3, -0.25) is 14.9 Å². The van der Waals surface area contributed by atoms with E-state index in [9.17, 15) is 14.9 Å². The van der Waals surface area contributed by atoms with Crippen molar-refractivity contribution < 1.29 is 9.72 Å². The van der Waals surface area contributed by atoms with Crippen LogP contribution in [0.15, 0.2) is 42.5 Å². The van der Waals surface area contributed by atoms with E-state index in [4.69, 9.17) is 11.6 Å². The molecule has 5 nitrogen and oxygen atoms in total. The molecule has 136 valence electrons. The van der Waals surface area contributed by atoms with Gasteiger partial charge in [0.25, 0.3) is 11.6 Å². The van der Waals surface area contributed by atoms with Crippen LogP contribution in [0, 0.1) is 10.1 Å². The molecule has 2 aromatic rings. The highest BCUT2D eigenvalue weighted by atomic mass is 35.5. The Morgan fingerprint density at radius 2 is 1.96 bits per heavy atom. The number of nitro groups is 1. The van der Waals surface area contributed by atoms with Crippen molar-refractivity contribution in [2.75, 3.05) is 12.3 Å². The lowest BCUT2D eigenvalue weighted by atomic mass is 10.0. The molecule has 1 aliphatic heterocycles. The van der Waals surface area contributed by atoms with E-state index < -0.39 is 4.92 Å². The molecule has 26 heavy (non-hydrogen) atoms. The van der Waals surface area contributed by atoms with Crippen molar-refractivity contribution in [2.24, 2.45) is 0 Å². The maximum absolute atomic E-state index is 13.0. The third kappa shape index (κ3) is 3.71. The zero-order chi connectivity index (χ0) is 18.8. The van der Waals surface area contributed by atoms with Gasteiger partial charge in [-0.05, 0) is 23.1 Å². The number of amides is 1. The van der Waals surface area contributed by atoms with Crippen molar-refractivity contribution >= 4 is 35.0 Å². The summed E-state index contributed by atoms with van der Waals surface area (Å²) < 4.78 is 0. The third-order valence-corrected chi connectivity index (χ3v) is 6.01. The standard InChI is InChI=1S/C19H19ClN2O3S/c1-12(2)13-3-5-14(6-4-13)19-21(9-10-26-19)18(23)16-8-7-15(22(24)25)11-17(16)20/h3-8,11-12,19H,9-10H2,1-2H3/t19-/m0/s1. The molecule has 0 unspecified atom stereocenters. The summed E-state index contributed by atoms with van der Waals surface area (Å²) >= 11 is 7.85. The number of halogens is 1. The Morgan fingerprint density at radius 3 is 2.54 bits per heavy atom. The number of hydrogen-bond acceptors (Lipinski definition) is 4. The normalized spacial score (nSPS) is 16.9. The van der Waals surface area contributed by atoms with Gasteiger partial charge in [0.05, 0.1) is 15.5 Å². The first-order valence-corrected chi connectivity index (χ1v) is 9.77. The highest BCUT2D eigenvalue weighted by molar-refractivity contribution is 7.99. The molecular weight excluding hydrogens is 372 g/mol. The second kappa shape index (κ2) is 7.68. The van der Waals surface area contributed by atoms with Crippen LogP contribution in [-0.2, 0) is 0 Å². The smallest absolute Gasteiger partial charge is 0.270 e. The Bertz CT molecular complexity index is 839. The number of carbonyl (C=O) groups is 1. The fourth-order valence-electron chi connectivity index (χ4n) is 2.95. The Hall–Kier alpha value is -2.05. The van der Waals surface area contributed by atoms with Gasteiger partial charge in [-0.1, -0.05) is 49.7 Å². The molecular formula is C19H19ClN2O3S. The van der Waals surface area contributed by atoms with Gasteiger partial charge in [0, 0.05) is 24.4 Å². The van der Waals surface area contributed by atoms with Crippen molar-refractivity contribution in [3.8, 4) is 0 Å². The average molecular weight is 391 g/mol. The largest absolute Gasteiger partial charge is 0.322 e. The van der Waals surface area contributed by atoms with Crippen LogP contribution < -0.4 is 0 Å². The van der Waals surface area contributed by atoms with E-state index in [-0.39, 0.29) is 22.0 Å². The SMILES string of the molecule is CC(C)c1ccc([C@@H]2SCCN2C(=O)c2ccc([N+](=O)[O-])cc2Cl)cc1. The van der Waals surface area contributed by atoms with Crippen LogP contribution >= 0.6 is 23.4 Å². The van der Waals surface area contributed by atoms with Gasteiger partial charge in [0.2, 0.25) is 0 Å². The molecule has 1 saturated heterocycles. The van der Waals surface area contributed by atoms with Crippen molar-refractivity contribution in [1.82, 2.24) is 4.90 Å². The van der Waals surface area contributed by atoms with Crippen LogP contribution in [0.5, 0.6) is 0 Å². The minimum absolute atomic E-state index is 0.0741. The number of hydrogen-bond donors (Lipinski definition) is 0. The monoisotopic (exact) mass is 390 g/mol. The first-order chi connectivity index (χ1) is 12.4. The minimum atomic E-state index is -0.523. The van der Waals surface area contributed by atoms with E-state index in [0.717, 1.165) is 11.3 Å². The Kier molecular flexibility index (Phi) is 5.53. The summed E-state index contributed by atoms with van der Waals surface area (Å²) in [4.78, 5) is 25.1. The van der Waals surface area contributed by atoms with Gasteiger partial charge >= 0.3 is 0 Å². The molecule has 2 aromatic carbocycles. The molecule has 0 aliphatic carbocycles. The summed E-state index contributed by atoms with van der Waals surface area (Å²) in [6.07, 6.45) is 0. The number of nitro benzene ring substituents is 1. The number of nitrogens with zero attached hydrogens (tertiary/aromatic N) is 2. The van der Waals surface area contributed by atoms with E-state index in [1.807, 2.05) is 0 Å². The zero-order valence-electron chi connectivity index (χ0n) is 14.5. The maximum Gasteiger partial charge on any atom is 0.270 e. The summed E-state index contributed by atoms with van der Waals surface area (Å²) in [5.41, 5.74) is 2.50. The first kappa shape index (κ1) is 18.7. The van der Waals surface area contributed by atoms with Crippen LogP contribution in [0.3, 0.4) is 0 Å². The van der Waals surface area contributed by atoms with Gasteiger partial charge in [0.15, 0.2) is 0 Å². The minimum Gasteiger partial charge on any atom is -0.322 e. The number of carbonyl (C=O) groups excluding carboxylic acids is 1. The summed E-state index contributed by atoms with van der Waals surface area (Å²) in [7, 11) is 0. The second-order valence-corrected chi connectivity index (χ2v) is 8.06. The molecule has 0 aromatic heterocycles. The number of non-ortho nitro benzene ring substituents is 1. The van der Waals surface area contributed by atoms with Gasteiger partial charge in [-0.25, -0.2) is 0 Å². The van der Waals surface area contributed by atoms with E-state index in [1.165, 1.54) is 23.8 Å².